The summed E-state index contributed by atoms with van der Waals surface area (Å²) in [6, 6.07) is 13.6. The number of carbonyl (C=O) groups excluding carboxylic acids is 2. The van der Waals surface area contributed by atoms with Crippen molar-refractivity contribution < 1.29 is 14.5 Å². The van der Waals surface area contributed by atoms with Crippen molar-refractivity contribution in [2.45, 2.75) is 12.8 Å². The van der Waals surface area contributed by atoms with Gasteiger partial charge in [0.1, 0.15) is 0 Å². The van der Waals surface area contributed by atoms with Crippen LogP contribution < -0.4 is 10.2 Å². The highest BCUT2D eigenvalue weighted by molar-refractivity contribution is 7.14. The zero-order valence-electron chi connectivity index (χ0n) is 15.6. The minimum atomic E-state index is -0.423. The third-order valence-electron chi connectivity index (χ3n) is 4.58. The summed E-state index contributed by atoms with van der Waals surface area (Å²) in [5.74, 6) is -0.364. The third-order valence-corrected chi connectivity index (χ3v) is 5.35. The molecule has 1 aliphatic heterocycles. The van der Waals surface area contributed by atoms with Crippen LogP contribution in [0.1, 0.15) is 18.4 Å². The van der Waals surface area contributed by atoms with Crippen molar-refractivity contribution in [2.75, 3.05) is 10.2 Å². The molecule has 0 spiro atoms. The summed E-state index contributed by atoms with van der Waals surface area (Å²) in [5.41, 5.74) is 2.68. The van der Waals surface area contributed by atoms with E-state index < -0.39 is 4.92 Å². The number of benzene rings is 2. The maximum absolute atomic E-state index is 11.8. The lowest BCUT2D eigenvalue weighted by Gasteiger charge is -2.13. The number of nitro groups is 1. The molecule has 0 aliphatic carbocycles. The highest BCUT2D eigenvalue weighted by Crippen LogP contribution is 2.29. The lowest BCUT2D eigenvalue weighted by Crippen LogP contribution is -2.28. The van der Waals surface area contributed by atoms with Gasteiger partial charge in [0.15, 0.2) is 5.13 Å². The molecule has 4 rings (SSSR count). The molecule has 1 fully saturated rings. The fourth-order valence-corrected chi connectivity index (χ4v) is 3.82. The molecule has 150 valence electrons. The lowest BCUT2D eigenvalue weighted by molar-refractivity contribution is -0.385. The number of nitro benzene ring substituents is 1. The van der Waals surface area contributed by atoms with E-state index in [9.17, 15) is 19.7 Å². The summed E-state index contributed by atoms with van der Waals surface area (Å²) in [7, 11) is 0. The topological polar surface area (TPSA) is 105 Å². The average Bonchev–Trinajstić information content (AvgIpc) is 3.35. The molecule has 1 N–H and O–H groups in total. The quantitative estimate of drug-likeness (QED) is 0.359. The number of nitrogens with one attached hydrogen (secondary N) is 1. The number of rotatable bonds is 6. The first-order chi connectivity index (χ1) is 14.5. The molecular weight excluding hydrogens is 404 g/mol. The van der Waals surface area contributed by atoms with Crippen LogP contribution in [0.4, 0.5) is 16.5 Å². The van der Waals surface area contributed by atoms with Crippen LogP contribution in [-0.4, -0.2) is 21.7 Å². The minimum absolute atomic E-state index is 0.0328. The van der Waals surface area contributed by atoms with Crippen molar-refractivity contribution in [1.29, 1.82) is 0 Å². The zero-order valence-corrected chi connectivity index (χ0v) is 16.5. The van der Waals surface area contributed by atoms with Crippen molar-refractivity contribution in [1.82, 2.24) is 4.98 Å². The summed E-state index contributed by atoms with van der Waals surface area (Å²) in [4.78, 5) is 40.0. The predicted octanol–water partition coefficient (Wildman–Crippen LogP) is 4.45. The second-order valence-corrected chi connectivity index (χ2v) is 7.36. The number of hydrogen-bond acceptors (Lipinski definition) is 7. The van der Waals surface area contributed by atoms with Gasteiger partial charge in [0, 0.05) is 36.1 Å². The highest BCUT2D eigenvalue weighted by Gasteiger charge is 2.30. The molecule has 0 atom stereocenters. The maximum atomic E-state index is 11.8. The molecule has 0 unspecified atom stereocenters. The van der Waals surface area contributed by atoms with Gasteiger partial charge in [-0.15, -0.1) is 11.3 Å². The standard InChI is InChI=1S/C21H16N4O4S/c26-19-9-10-20(27)24(19)16-7-5-14(6-8-16)17-13-30-21(23-17)22-12-11-15-3-1-2-4-18(15)25(28)29/h1-8,11-13H,9-10H2,(H,22,23)/b12-11-. The van der Waals surface area contributed by atoms with Crippen molar-refractivity contribution in [3.63, 3.8) is 0 Å². The Morgan fingerprint density at radius 1 is 1.07 bits per heavy atom. The number of amides is 2. The third kappa shape index (κ3) is 3.96. The number of imide groups is 1. The Labute approximate surface area is 175 Å². The highest BCUT2D eigenvalue weighted by atomic mass is 32.1. The summed E-state index contributed by atoms with van der Waals surface area (Å²) in [5, 5.41) is 16.6. The molecule has 8 nitrogen and oxygen atoms in total. The van der Waals surface area contributed by atoms with Gasteiger partial charge in [-0.25, -0.2) is 4.98 Å². The Kier molecular flexibility index (Phi) is 5.36. The van der Waals surface area contributed by atoms with E-state index >= 15 is 0 Å². The molecule has 0 radical (unpaired) electrons. The van der Waals surface area contributed by atoms with Gasteiger partial charge in [0.05, 0.1) is 21.9 Å². The molecule has 1 aliphatic rings. The van der Waals surface area contributed by atoms with E-state index in [1.165, 1.54) is 22.3 Å². The molecule has 3 aromatic rings. The Hall–Kier alpha value is -3.85. The second-order valence-electron chi connectivity index (χ2n) is 6.50. The molecule has 30 heavy (non-hydrogen) atoms. The first-order valence-corrected chi connectivity index (χ1v) is 9.99. The van der Waals surface area contributed by atoms with Gasteiger partial charge < -0.3 is 5.32 Å². The maximum Gasteiger partial charge on any atom is 0.276 e. The summed E-state index contributed by atoms with van der Waals surface area (Å²) in [6.45, 7) is 0. The predicted molar refractivity (Wildman–Crippen MR) is 115 cm³/mol. The lowest BCUT2D eigenvalue weighted by atomic mass is 10.1. The Balaban J connectivity index is 1.45. The molecule has 2 amide bonds. The van der Waals surface area contributed by atoms with E-state index in [1.807, 2.05) is 17.5 Å². The van der Waals surface area contributed by atoms with Crippen molar-refractivity contribution >= 4 is 45.7 Å². The molecule has 2 heterocycles. The molecule has 0 bridgehead atoms. The van der Waals surface area contributed by atoms with Gasteiger partial charge in [0.2, 0.25) is 11.8 Å². The monoisotopic (exact) mass is 420 g/mol. The summed E-state index contributed by atoms with van der Waals surface area (Å²) in [6.07, 6.45) is 3.74. The normalized spacial score (nSPS) is 13.9. The number of para-hydroxylation sites is 1. The van der Waals surface area contributed by atoms with Gasteiger partial charge >= 0.3 is 0 Å². The minimum Gasteiger partial charge on any atom is -0.338 e. The van der Waals surface area contributed by atoms with Crippen LogP contribution in [0.25, 0.3) is 17.3 Å². The zero-order chi connectivity index (χ0) is 21.1. The Morgan fingerprint density at radius 2 is 1.77 bits per heavy atom. The molecular formula is C21H16N4O4S. The molecule has 1 aromatic heterocycles. The van der Waals surface area contributed by atoms with Crippen LogP contribution in [0.3, 0.4) is 0 Å². The van der Waals surface area contributed by atoms with Crippen LogP contribution in [0.2, 0.25) is 0 Å². The van der Waals surface area contributed by atoms with Crippen molar-refractivity contribution in [3.05, 3.63) is 75.8 Å². The van der Waals surface area contributed by atoms with Crippen LogP contribution in [0.5, 0.6) is 0 Å². The van der Waals surface area contributed by atoms with Gasteiger partial charge in [-0.05, 0) is 24.3 Å². The van der Waals surface area contributed by atoms with Crippen LogP contribution in [0, 0.1) is 10.1 Å². The van der Waals surface area contributed by atoms with E-state index in [0.717, 1.165) is 11.3 Å². The molecule has 1 saturated heterocycles. The smallest absolute Gasteiger partial charge is 0.276 e. The van der Waals surface area contributed by atoms with E-state index in [-0.39, 0.29) is 30.3 Å². The fraction of sp³-hybridized carbons (Fsp3) is 0.0952. The average molecular weight is 420 g/mol. The Bertz CT molecular complexity index is 1140. The van der Waals surface area contributed by atoms with Crippen molar-refractivity contribution in [3.8, 4) is 11.3 Å². The SMILES string of the molecule is O=C1CCC(=O)N1c1ccc(-c2csc(N/C=C\c3ccccc3[N+](=O)[O-])n2)cc1. The number of aromatic nitrogens is 1. The summed E-state index contributed by atoms with van der Waals surface area (Å²) >= 11 is 1.39. The largest absolute Gasteiger partial charge is 0.338 e. The number of nitrogens with zero attached hydrogens (tertiary/aromatic N) is 3. The number of carbonyl (C=O) groups is 2. The van der Waals surface area contributed by atoms with E-state index in [1.54, 1.807) is 42.6 Å². The Morgan fingerprint density at radius 3 is 2.47 bits per heavy atom. The van der Waals surface area contributed by atoms with Crippen LogP contribution >= 0.6 is 11.3 Å². The van der Waals surface area contributed by atoms with E-state index in [4.69, 9.17) is 0 Å². The summed E-state index contributed by atoms with van der Waals surface area (Å²) < 4.78 is 0. The molecule has 9 heteroatoms. The molecule has 2 aromatic carbocycles. The van der Waals surface area contributed by atoms with Gasteiger partial charge in [-0.1, -0.05) is 24.3 Å². The van der Waals surface area contributed by atoms with E-state index in [2.05, 4.69) is 10.3 Å². The molecule has 0 saturated carbocycles. The first-order valence-electron chi connectivity index (χ1n) is 9.11. The number of hydrogen-bond donors (Lipinski definition) is 1. The number of anilines is 2. The van der Waals surface area contributed by atoms with Crippen molar-refractivity contribution in [2.24, 2.45) is 0 Å². The van der Waals surface area contributed by atoms with Crippen LogP contribution in [0.15, 0.2) is 60.1 Å². The fourth-order valence-electron chi connectivity index (χ4n) is 3.12. The van der Waals surface area contributed by atoms with Gasteiger partial charge in [-0.3, -0.25) is 24.6 Å². The number of thiazole rings is 1. The van der Waals surface area contributed by atoms with Crippen LogP contribution in [-0.2, 0) is 9.59 Å². The van der Waals surface area contributed by atoms with Gasteiger partial charge in [0.25, 0.3) is 5.69 Å². The second kappa shape index (κ2) is 8.26. The first kappa shape index (κ1) is 19.5. The van der Waals surface area contributed by atoms with E-state index in [0.29, 0.717) is 16.4 Å². The van der Waals surface area contributed by atoms with Gasteiger partial charge in [-0.2, -0.15) is 0 Å².